The van der Waals surface area contributed by atoms with Crippen LogP contribution in [0.1, 0.15) is 19.4 Å². The summed E-state index contributed by atoms with van der Waals surface area (Å²) in [6, 6.07) is 10.8. The van der Waals surface area contributed by atoms with Crippen molar-refractivity contribution in [2.24, 2.45) is 5.73 Å². The fourth-order valence-electron chi connectivity index (χ4n) is 2.87. The molecule has 0 saturated heterocycles. The molecule has 1 unspecified atom stereocenters. The lowest BCUT2D eigenvalue weighted by Crippen LogP contribution is -2.40. The van der Waals surface area contributed by atoms with E-state index in [1.54, 1.807) is 0 Å². The van der Waals surface area contributed by atoms with Gasteiger partial charge in [0, 0.05) is 31.1 Å². The number of fused-ring (bicyclic) bond motifs is 1. The Bertz CT molecular complexity index is 594. The zero-order valence-electron chi connectivity index (χ0n) is 13.5. The third-order valence-electron chi connectivity index (χ3n) is 3.80. The minimum atomic E-state index is 0.407. The van der Waals surface area contributed by atoms with Crippen molar-refractivity contribution in [1.82, 2.24) is 9.88 Å². The van der Waals surface area contributed by atoms with Gasteiger partial charge in [-0.2, -0.15) is 0 Å². The Morgan fingerprint density at radius 1 is 1.24 bits per heavy atom. The van der Waals surface area contributed by atoms with Gasteiger partial charge in [-0.1, -0.05) is 18.2 Å². The van der Waals surface area contributed by atoms with E-state index >= 15 is 0 Å². The van der Waals surface area contributed by atoms with Crippen molar-refractivity contribution < 1.29 is 0 Å². The Hall–Kier alpha value is -1.65. The molecule has 4 nitrogen and oxygen atoms in total. The molecular weight excluding hydrogens is 260 g/mol. The number of hydrogen-bond donors (Lipinski definition) is 1. The van der Waals surface area contributed by atoms with Gasteiger partial charge >= 0.3 is 0 Å². The van der Waals surface area contributed by atoms with E-state index in [9.17, 15) is 0 Å². The third kappa shape index (κ3) is 3.52. The summed E-state index contributed by atoms with van der Waals surface area (Å²) in [5.41, 5.74) is 8.11. The first-order chi connectivity index (χ1) is 10.1. The smallest absolute Gasteiger partial charge is 0.129 e. The molecule has 0 saturated carbocycles. The number of aromatic nitrogens is 1. The van der Waals surface area contributed by atoms with Crippen molar-refractivity contribution in [1.29, 1.82) is 0 Å². The van der Waals surface area contributed by atoms with Crippen molar-refractivity contribution in [3.63, 3.8) is 0 Å². The molecule has 1 atom stereocenters. The number of rotatable bonds is 6. The number of benzene rings is 1. The first-order valence-electron chi connectivity index (χ1n) is 7.57. The normalized spacial score (nSPS) is 12.9. The summed E-state index contributed by atoms with van der Waals surface area (Å²) in [4.78, 5) is 9.38. The Labute approximate surface area is 127 Å². The molecule has 0 fully saturated rings. The zero-order chi connectivity index (χ0) is 15.4. The molecule has 2 aromatic rings. The topological polar surface area (TPSA) is 45.4 Å². The number of nitrogens with two attached hydrogens (primary N) is 1. The van der Waals surface area contributed by atoms with Gasteiger partial charge in [-0.05, 0) is 45.6 Å². The first-order valence-corrected chi connectivity index (χ1v) is 7.57. The van der Waals surface area contributed by atoms with Gasteiger partial charge in [-0.25, -0.2) is 4.98 Å². The standard InChI is InChI=1S/C17H26N4/c1-5-21(13(2)12-20(3)4)17-10-14(11-18)15-8-6-7-9-16(15)19-17/h6-10,13H,5,11-12,18H2,1-4H3. The maximum Gasteiger partial charge on any atom is 0.129 e. The van der Waals surface area contributed by atoms with Crippen LogP contribution in [-0.2, 0) is 6.54 Å². The van der Waals surface area contributed by atoms with Crippen LogP contribution in [0, 0.1) is 0 Å². The summed E-state index contributed by atoms with van der Waals surface area (Å²) in [6.45, 7) is 6.88. The zero-order valence-corrected chi connectivity index (χ0v) is 13.5. The average molecular weight is 286 g/mol. The number of hydrogen-bond acceptors (Lipinski definition) is 4. The van der Waals surface area contributed by atoms with Gasteiger partial charge in [-0.15, -0.1) is 0 Å². The summed E-state index contributed by atoms with van der Waals surface area (Å²) >= 11 is 0. The van der Waals surface area contributed by atoms with Gasteiger partial charge in [0.25, 0.3) is 0 Å². The number of para-hydroxylation sites is 1. The Kier molecular flexibility index (Phi) is 5.15. The molecule has 2 rings (SSSR count). The molecule has 1 heterocycles. The molecule has 0 aliphatic heterocycles. The van der Waals surface area contributed by atoms with Gasteiger partial charge in [0.2, 0.25) is 0 Å². The molecule has 0 aliphatic rings. The van der Waals surface area contributed by atoms with Crippen LogP contribution >= 0.6 is 0 Å². The summed E-state index contributed by atoms with van der Waals surface area (Å²) in [7, 11) is 4.20. The predicted octanol–water partition coefficient (Wildman–Crippen LogP) is 2.47. The van der Waals surface area contributed by atoms with Gasteiger partial charge < -0.3 is 15.5 Å². The molecule has 0 amide bonds. The molecule has 0 spiro atoms. The molecular formula is C17H26N4. The highest BCUT2D eigenvalue weighted by Crippen LogP contribution is 2.24. The largest absolute Gasteiger partial charge is 0.353 e. The van der Waals surface area contributed by atoms with E-state index in [1.165, 1.54) is 0 Å². The van der Waals surface area contributed by atoms with Crippen molar-refractivity contribution in [3.8, 4) is 0 Å². The molecule has 2 N–H and O–H groups in total. The summed E-state index contributed by atoms with van der Waals surface area (Å²) < 4.78 is 0. The summed E-state index contributed by atoms with van der Waals surface area (Å²) in [5, 5.41) is 1.15. The molecule has 1 aromatic carbocycles. The fourth-order valence-corrected chi connectivity index (χ4v) is 2.87. The minimum absolute atomic E-state index is 0.407. The molecule has 0 aliphatic carbocycles. The van der Waals surface area contributed by atoms with Gasteiger partial charge in [0.1, 0.15) is 5.82 Å². The van der Waals surface area contributed by atoms with E-state index in [-0.39, 0.29) is 0 Å². The number of likely N-dealkylation sites (N-methyl/N-ethyl adjacent to an activating group) is 2. The van der Waals surface area contributed by atoms with Crippen molar-refractivity contribution in [2.45, 2.75) is 26.4 Å². The molecule has 1 aromatic heterocycles. The molecule has 0 bridgehead atoms. The monoisotopic (exact) mass is 286 g/mol. The molecule has 0 radical (unpaired) electrons. The Morgan fingerprint density at radius 3 is 2.57 bits per heavy atom. The van der Waals surface area contributed by atoms with Gasteiger partial charge in [-0.3, -0.25) is 0 Å². The van der Waals surface area contributed by atoms with Crippen LogP contribution in [0.25, 0.3) is 10.9 Å². The minimum Gasteiger partial charge on any atom is -0.353 e. The lowest BCUT2D eigenvalue weighted by molar-refractivity contribution is 0.372. The van der Waals surface area contributed by atoms with Crippen LogP contribution < -0.4 is 10.6 Å². The van der Waals surface area contributed by atoms with Crippen molar-refractivity contribution in [3.05, 3.63) is 35.9 Å². The average Bonchev–Trinajstić information content (AvgIpc) is 2.46. The maximum atomic E-state index is 5.93. The first kappa shape index (κ1) is 15.7. The van der Waals surface area contributed by atoms with Gasteiger partial charge in [0.05, 0.1) is 5.52 Å². The second kappa shape index (κ2) is 6.87. The maximum absolute atomic E-state index is 5.93. The van der Waals surface area contributed by atoms with Crippen molar-refractivity contribution >= 4 is 16.7 Å². The van der Waals surface area contributed by atoms with E-state index in [0.29, 0.717) is 12.6 Å². The SMILES string of the molecule is CCN(c1cc(CN)c2ccccc2n1)C(C)CN(C)C. The number of nitrogens with zero attached hydrogens (tertiary/aromatic N) is 3. The van der Waals surface area contributed by atoms with Crippen LogP contribution in [0.4, 0.5) is 5.82 Å². The summed E-state index contributed by atoms with van der Waals surface area (Å²) in [5.74, 6) is 1.02. The Balaban J connectivity index is 2.44. The quantitative estimate of drug-likeness (QED) is 0.886. The van der Waals surface area contributed by atoms with Crippen LogP contribution in [0.2, 0.25) is 0 Å². The summed E-state index contributed by atoms with van der Waals surface area (Å²) in [6.07, 6.45) is 0. The lowest BCUT2D eigenvalue weighted by Gasteiger charge is -2.31. The molecule has 4 heteroatoms. The van der Waals surface area contributed by atoms with E-state index < -0.39 is 0 Å². The van der Waals surface area contributed by atoms with Crippen LogP contribution in [0.15, 0.2) is 30.3 Å². The predicted molar refractivity (Wildman–Crippen MR) is 90.7 cm³/mol. The lowest BCUT2D eigenvalue weighted by atomic mass is 10.1. The molecule has 114 valence electrons. The highest BCUT2D eigenvalue weighted by molar-refractivity contribution is 5.84. The third-order valence-corrected chi connectivity index (χ3v) is 3.80. The van der Waals surface area contributed by atoms with Crippen LogP contribution in [0.5, 0.6) is 0 Å². The van der Waals surface area contributed by atoms with E-state index in [2.05, 4.69) is 55.9 Å². The van der Waals surface area contributed by atoms with E-state index in [4.69, 9.17) is 10.7 Å². The van der Waals surface area contributed by atoms with Gasteiger partial charge in [0.15, 0.2) is 0 Å². The second-order valence-electron chi connectivity index (χ2n) is 5.76. The number of anilines is 1. The number of pyridine rings is 1. The Morgan fingerprint density at radius 2 is 1.95 bits per heavy atom. The van der Waals surface area contributed by atoms with Crippen LogP contribution in [0.3, 0.4) is 0 Å². The highest BCUT2D eigenvalue weighted by Gasteiger charge is 2.16. The second-order valence-corrected chi connectivity index (χ2v) is 5.76. The molecule has 21 heavy (non-hydrogen) atoms. The van der Waals surface area contributed by atoms with Crippen molar-refractivity contribution in [2.75, 3.05) is 32.1 Å². The fraction of sp³-hybridized carbons (Fsp3) is 0.471. The van der Waals surface area contributed by atoms with Crippen LogP contribution in [-0.4, -0.2) is 43.1 Å². The van der Waals surface area contributed by atoms with E-state index in [0.717, 1.165) is 35.4 Å². The highest BCUT2D eigenvalue weighted by atomic mass is 15.2. The van der Waals surface area contributed by atoms with E-state index in [1.807, 2.05) is 12.1 Å².